The minimum Gasteiger partial charge on any atom is -0.434 e. The first-order valence-electron chi connectivity index (χ1n) is 5.28. The van der Waals surface area contributed by atoms with Crippen LogP contribution in [0.1, 0.15) is 6.42 Å². The number of halogens is 2. The molecule has 0 saturated carbocycles. The molecule has 0 atom stereocenters. The molecule has 0 fully saturated rings. The second-order valence-corrected chi connectivity index (χ2v) is 4.55. The van der Waals surface area contributed by atoms with Gasteiger partial charge in [0, 0.05) is 11.4 Å². The van der Waals surface area contributed by atoms with E-state index in [-0.39, 0.29) is 6.73 Å². The Bertz CT molecular complexity index is 572. The summed E-state index contributed by atoms with van der Waals surface area (Å²) in [7, 11) is 0. The summed E-state index contributed by atoms with van der Waals surface area (Å²) in [5.74, 6) is 2.42. The monoisotopic (exact) mass is 282 g/mol. The van der Waals surface area contributed by atoms with E-state index < -0.39 is 0 Å². The van der Waals surface area contributed by atoms with Gasteiger partial charge in [0.05, 0.1) is 5.02 Å². The minimum absolute atomic E-state index is 0.267. The van der Waals surface area contributed by atoms with Gasteiger partial charge in [-0.05, 0) is 24.3 Å². The zero-order chi connectivity index (χ0) is 13.0. The van der Waals surface area contributed by atoms with Crippen LogP contribution < -0.4 is 4.74 Å². The number of allylic oxidation sites excluding steroid dienone is 2. The molecule has 0 spiro atoms. The number of benzene rings is 1. The van der Waals surface area contributed by atoms with Crippen molar-refractivity contribution in [1.29, 1.82) is 0 Å². The van der Waals surface area contributed by atoms with Crippen LogP contribution in [0.4, 0.5) is 0 Å². The summed E-state index contributed by atoms with van der Waals surface area (Å²) in [6, 6.07) is 5.02. The van der Waals surface area contributed by atoms with Crippen molar-refractivity contribution >= 4 is 35.4 Å². The molecule has 1 heterocycles. The Morgan fingerprint density at radius 3 is 2.94 bits per heavy atom. The van der Waals surface area contributed by atoms with Gasteiger partial charge in [-0.15, -0.1) is 0 Å². The van der Waals surface area contributed by atoms with E-state index in [9.17, 15) is 4.79 Å². The third kappa shape index (κ3) is 3.23. The van der Waals surface area contributed by atoms with Crippen LogP contribution in [-0.4, -0.2) is 23.5 Å². The zero-order valence-corrected chi connectivity index (χ0v) is 10.9. The highest BCUT2D eigenvalue weighted by molar-refractivity contribution is 6.35. The molecular weight excluding hydrogens is 273 g/mol. The average molecular weight is 283 g/mol. The number of hydrogen-bond acceptors (Lipinski definition) is 2. The van der Waals surface area contributed by atoms with Crippen molar-refractivity contribution in [3.05, 3.63) is 46.1 Å². The molecule has 2 rings (SSSR count). The molecule has 1 aromatic rings. The van der Waals surface area contributed by atoms with Gasteiger partial charge in [0.25, 0.3) is 6.73 Å². The summed E-state index contributed by atoms with van der Waals surface area (Å²) < 4.78 is 7.28. The van der Waals surface area contributed by atoms with Gasteiger partial charge >= 0.3 is 0 Å². The van der Waals surface area contributed by atoms with Crippen LogP contribution in [0.15, 0.2) is 36.0 Å². The highest BCUT2D eigenvalue weighted by Crippen LogP contribution is 2.27. The normalized spacial score (nSPS) is 14.1. The van der Waals surface area contributed by atoms with Crippen LogP contribution in [0.25, 0.3) is 0 Å². The topological polar surface area (TPSA) is 29.3 Å². The molecule has 0 N–H and O–H groups in total. The molecule has 0 unspecified atom stereocenters. The van der Waals surface area contributed by atoms with Crippen LogP contribution in [0.2, 0.25) is 10.0 Å². The van der Waals surface area contributed by atoms with E-state index >= 15 is 0 Å². The fourth-order valence-electron chi connectivity index (χ4n) is 1.50. The van der Waals surface area contributed by atoms with Gasteiger partial charge in [-0.3, -0.25) is 0 Å². The maximum absolute atomic E-state index is 10.5. The Morgan fingerprint density at radius 1 is 1.39 bits per heavy atom. The van der Waals surface area contributed by atoms with E-state index in [1.807, 2.05) is 18.2 Å². The lowest BCUT2D eigenvalue weighted by Gasteiger charge is -2.07. The Kier molecular flexibility index (Phi) is 4.21. The van der Waals surface area contributed by atoms with Crippen LogP contribution >= 0.6 is 23.2 Å². The lowest BCUT2D eigenvalue weighted by molar-refractivity contribution is -0.489. The predicted molar refractivity (Wildman–Crippen MR) is 71.2 cm³/mol. The van der Waals surface area contributed by atoms with Crippen molar-refractivity contribution in [3.63, 3.8) is 0 Å². The third-order valence-corrected chi connectivity index (χ3v) is 2.88. The van der Waals surface area contributed by atoms with E-state index in [4.69, 9.17) is 27.9 Å². The quantitative estimate of drug-likeness (QED) is 0.630. The molecule has 92 valence electrons. The van der Waals surface area contributed by atoms with Gasteiger partial charge in [0.2, 0.25) is 0 Å². The number of ether oxygens (including phenoxy) is 1. The summed E-state index contributed by atoms with van der Waals surface area (Å²) in [4.78, 5) is 10.5. The molecule has 0 aliphatic carbocycles. The van der Waals surface area contributed by atoms with Gasteiger partial charge < -0.3 is 4.74 Å². The molecule has 0 radical (unpaired) electrons. The second-order valence-electron chi connectivity index (χ2n) is 3.71. The molecular formula is C13H10Cl2NO2+. The summed E-state index contributed by atoms with van der Waals surface area (Å²) >= 11 is 11.8. The molecule has 18 heavy (non-hydrogen) atoms. The number of nitrogens with zero attached hydrogens (tertiary/aromatic N) is 1. The third-order valence-electron chi connectivity index (χ3n) is 2.35. The van der Waals surface area contributed by atoms with Crippen molar-refractivity contribution in [3.8, 4) is 5.75 Å². The van der Waals surface area contributed by atoms with Crippen LogP contribution in [0.3, 0.4) is 0 Å². The van der Waals surface area contributed by atoms with E-state index in [2.05, 4.69) is 0 Å². The van der Waals surface area contributed by atoms with E-state index in [0.717, 1.165) is 0 Å². The van der Waals surface area contributed by atoms with Gasteiger partial charge in [-0.1, -0.05) is 23.2 Å². The Balaban J connectivity index is 2.06. The smallest absolute Gasteiger partial charge is 0.292 e. The summed E-state index contributed by atoms with van der Waals surface area (Å²) in [5.41, 5.74) is 0.586. The first-order chi connectivity index (χ1) is 8.69. The molecule has 0 saturated heterocycles. The molecule has 3 nitrogen and oxygen atoms in total. The highest BCUT2D eigenvalue weighted by atomic mass is 35.5. The van der Waals surface area contributed by atoms with Crippen molar-refractivity contribution < 1.29 is 14.1 Å². The molecule has 0 bridgehead atoms. The molecule has 0 amide bonds. The fraction of sp³-hybridized carbons (Fsp3) is 0.154. The van der Waals surface area contributed by atoms with Crippen LogP contribution in [-0.2, 0) is 4.79 Å². The van der Waals surface area contributed by atoms with Crippen molar-refractivity contribution in [2.75, 3.05) is 6.73 Å². The Labute approximate surface area is 115 Å². The molecule has 1 aliphatic heterocycles. The van der Waals surface area contributed by atoms with Crippen molar-refractivity contribution in [2.45, 2.75) is 6.42 Å². The standard InChI is InChI=1S/C13H10Cl2NO2/c14-11-3-4-13(12(15)6-11)18-9-16-5-1-2-10(7-16)8-17/h1,3-7H,2,9H2/q+1. The van der Waals surface area contributed by atoms with Gasteiger partial charge in [0.15, 0.2) is 12.4 Å². The van der Waals surface area contributed by atoms with Gasteiger partial charge in [-0.2, -0.15) is 4.58 Å². The first kappa shape index (κ1) is 12.9. The second kappa shape index (κ2) is 5.87. The van der Waals surface area contributed by atoms with E-state index in [1.54, 1.807) is 29.0 Å². The maximum atomic E-state index is 10.5. The summed E-state index contributed by atoms with van der Waals surface area (Å²) in [6.07, 6.45) is 6.00. The van der Waals surface area contributed by atoms with Crippen molar-refractivity contribution in [2.24, 2.45) is 0 Å². The lowest BCUT2D eigenvalue weighted by atomic mass is 10.2. The molecule has 5 heteroatoms. The minimum atomic E-state index is 0.267. The van der Waals surface area contributed by atoms with Crippen LogP contribution in [0, 0.1) is 0 Å². The van der Waals surface area contributed by atoms with E-state index in [0.29, 0.717) is 27.8 Å². The van der Waals surface area contributed by atoms with Gasteiger partial charge in [0.1, 0.15) is 17.3 Å². The average Bonchev–Trinajstić information content (AvgIpc) is 2.38. The molecule has 1 aliphatic rings. The first-order valence-corrected chi connectivity index (χ1v) is 6.04. The van der Waals surface area contributed by atoms with Crippen molar-refractivity contribution in [1.82, 2.24) is 0 Å². The summed E-state index contributed by atoms with van der Waals surface area (Å²) in [6.45, 7) is 0.267. The largest absolute Gasteiger partial charge is 0.434 e. The lowest BCUT2D eigenvalue weighted by Crippen LogP contribution is -2.17. The molecule has 0 aromatic heterocycles. The Hall–Kier alpha value is -1.54. The number of rotatable bonds is 3. The predicted octanol–water partition coefficient (Wildman–Crippen LogP) is 3.09. The molecule has 1 aromatic carbocycles. The highest BCUT2D eigenvalue weighted by Gasteiger charge is 2.11. The number of hydrogen-bond donors (Lipinski definition) is 0. The summed E-state index contributed by atoms with van der Waals surface area (Å²) in [5, 5.41) is 1.01. The number of carbonyl (C=O) groups excluding carboxylic acids is 1. The van der Waals surface area contributed by atoms with E-state index in [1.165, 1.54) is 0 Å². The zero-order valence-electron chi connectivity index (χ0n) is 9.40. The maximum Gasteiger partial charge on any atom is 0.292 e. The fourth-order valence-corrected chi connectivity index (χ4v) is 1.96. The SMILES string of the molecule is O=C=C1C=[N+](COc2ccc(Cl)cc2Cl)C=CC1. The Morgan fingerprint density at radius 2 is 2.22 bits per heavy atom. The van der Waals surface area contributed by atoms with Gasteiger partial charge in [-0.25, -0.2) is 4.79 Å². The van der Waals surface area contributed by atoms with Crippen LogP contribution in [0.5, 0.6) is 5.75 Å².